The van der Waals surface area contributed by atoms with Gasteiger partial charge in [0.1, 0.15) is 0 Å². The zero-order valence-corrected chi connectivity index (χ0v) is 13.6. The normalized spacial score (nSPS) is 21.8. The number of hydrogen-bond acceptors (Lipinski definition) is 4. The van der Waals surface area contributed by atoms with E-state index in [0.29, 0.717) is 0 Å². The minimum atomic E-state index is -0.00915. The van der Waals surface area contributed by atoms with E-state index in [-0.39, 0.29) is 11.7 Å². The van der Waals surface area contributed by atoms with Gasteiger partial charge in [-0.2, -0.15) is 0 Å². The molecule has 1 heterocycles. The molecular formula is C17H27NO3. The van der Waals surface area contributed by atoms with Crippen LogP contribution in [0.25, 0.3) is 0 Å². The van der Waals surface area contributed by atoms with Gasteiger partial charge in [-0.3, -0.25) is 0 Å². The van der Waals surface area contributed by atoms with E-state index in [2.05, 4.69) is 18.3 Å². The molecule has 0 saturated carbocycles. The maximum atomic E-state index is 5.78. The van der Waals surface area contributed by atoms with Gasteiger partial charge >= 0.3 is 0 Å². The highest BCUT2D eigenvalue weighted by atomic mass is 16.5. The molecule has 1 aliphatic rings. The molecule has 4 heteroatoms. The van der Waals surface area contributed by atoms with Gasteiger partial charge in [0.25, 0.3) is 0 Å². The summed E-state index contributed by atoms with van der Waals surface area (Å²) in [6, 6.07) is 6.08. The first-order chi connectivity index (χ1) is 10.0. The van der Waals surface area contributed by atoms with Crippen LogP contribution in [0.1, 0.15) is 39.2 Å². The van der Waals surface area contributed by atoms with Crippen LogP contribution in [0.3, 0.4) is 0 Å². The summed E-state index contributed by atoms with van der Waals surface area (Å²) in [6.45, 7) is 8.76. The molecule has 1 aromatic carbocycles. The van der Waals surface area contributed by atoms with Gasteiger partial charge in [-0.15, -0.1) is 0 Å². The molecule has 4 nitrogen and oxygen atoms in total. The van der Waals surface area contributed by atoms with Gasteiger partial charge in [0, 0.05) is 19.7 Å². The third-order valence-corrected chi connectivity index (χ3v) is 3.72. The average molecular weight is 293 g/mol. The highest BCUT2D eigenvalue weighted by molar-refractivity contribution is 5.43. The topological polar surface area (TPSA) is 39.7 Å². The van der Waals surface area contributed by atoms with Crippen molar-refractivity contribution in [2.45, 2.75) is 51.9 Å². The Morgan fingerprint density at radius 3 is 2.76 bits per heavy atom. The number of hydrogen-bond donors (Lipinski definition) is 1. The number of nitrogens with one attached hydrogen (secondary N) is 1. The second-order valence-electron chi connectivity index (χ2n) is 6.16. The fraction of sp³-hybridized carbons (Fsp3) is 0.647. The van der Waals surface area contributed by atoms with Gasteiger partial charge in [0.05, 0.1) is 18.8 Å². The summed E-state index contributed by atoms with van der Waals surface area (Å²) >= 11 is 0. The van der Waals surface area contributed by atoms with Crippen LogP contribution in [0.4, 0.5) is 0 Å². The van der Waals surface area contributed by atoms with Gasteiger partial charge in [0.15, 0.2) is 11.5 Å². The zero-order chi connectivity index (χ0) is 15.3. The van der Waals surface area contributed by atoms with E-state index in [1.54, 1.807) is 7.11 Å². The molecule has 1 fully saturated rings. The first-order valence-corrected chi connectivity index (χ1v) is 7.71. The second-order valence-corrected chi connectivity index (χ2v) is 6.16. The van der Waals surface area contributed by atoms with Gasteiger partial charge in [-0.25, -0.2) is 0 Å². The van der Waals surface area contributed by atoms with Crippen LogP contribution in [0.5, 0.6) is 11.5 Å². The Morgan fingerprint density at radius 1 is 1.33 bits per heavy atom. The minimum Gasteiger partial charge on any atom is -0.493 e. The second kappa shape index (κ2) is 7.14. The number of ether oxygens (including phenoxy) is 3. The number of rotatable bonds is 7. The predicted molar refractivity (Wildman–Crippen MR) is 84.1 cm³/mol. The van der Waals surface area contributed by atoms with Crippen LogP contribution in [0, 0.1) is 0 Å². The average Bonchev–Trinajstić information content (AvgIpc) is 2.86. The number of benzene rings is 1. The van der Waals surface area contributed by atoms with E-state index >= 15 is 0 Å². The van der Waals surface area contributed by atoms with Crippen molar-refractivity contribution < 1.29 is 14.2 Å². The van der Waals surface area contributed by atoms with E-state index < -0.39 is 0 Å². The van der Waals surface area contributed by atoms with Crippen molar-refractivity contribution in [3.05, 3.63) is 23.8 Å². The molecule has 2 rings (SSSR count). The molecule has 1 unspecified atom stereocenters. The lowest BCUT2D eigenvalue weighted by atomic mass is 10.0. The van der Waals surface area contributed by atoms with Gasteiger partial charge < -0.3 is 19.5 Å². The van der Waals surface area contributed by atoms with E-state index in [0.717, 1.165) is 44.0 Å². The van der Waals surface area contributed by atoms with Crippen molar-refractivity contribution in [2.75, 3.05) is 20.3 Å². The van der Waals surface area contributed by atoms with E-state index in [1.807, 2.05) is 26.0 Å². The summed E-state index contributed by atoms with van der Waals surface area (Å²) in [6.07, 6.45) is 2.43. The Balaban J connectivity index is 1.91. The first kappa shape index (κ1) is 16.1. The lowest BCUT2D eigenvalue weighted by Crippen LogP contribution is -2.36. The lowest BCUT2D eigenvalue weighted by molar-refractivity contribution is 0.0207. The maximum Gasteiger partial charge on any atom is 0.161 e. The van der Waals surface area contributed by atoms with Crippen molar-refractivity contribution in [1.82, 2.24) is 5.32 Å². The number of methoxy groups -OCH3 is 1. The van der Waals surface area contributed by atoms with Crippen LogP contribution < -0.4 is 14.8 Å². The predicted octanol–water partition coefficient (Wildman–Crippen LogP) is 3.14. The molecule has 0 aliphatic carbocycles. The van der Waals surface area contributed by atoms with Gasteiger partial charge in [-0.1, -0.05) is 6.07 Å². The Bertz CT molecular complexity index is 453. The summed E-state index contributed by atoms with van der Waals surface area (Å²) in [5.41, 5.74) is 1.18. The molecule has 0 amide bonds. The third-order valence-electron chi connectivity index (χ3n) is 3.72. The molecule has 0 radical (unpaired) electrons. The maximum absolute atomic E-state index is 5.78. The molecule has 21 heavy (non-hydrogen) atoms. The van der Waals surface area contributed by atoms with Crippen LogP contribution in [0.2, 0.25) is 0 Å². The largest absolute Gasteiger partial charge is 0.493 e. The van der Waals surface area contributed by atoms with Crippen LogP contribution in [0.15, 0.2) is 18.2 Å². The zero-order valence-electron chi connectivity index (χ0n) is 13.6. The molecule has 118 valence electrons. The quantitative estimate of drug-likeness (QED) is 0.838. The van der Waals surface area contributed by atoms with Crippen molar-refractivity contribution in [3.8, 4) is 11.5 Å². The van der Waals surface area contributed by atoms with Crippen LogP contribution in [-0.2, 0) is 11.3 Å². The van der Waals surface area contributed by atoms with E-state index in [4.69, 9.17) is 14.2 Å². The smallest absolute Gasteiger partial charge is 0.161 e. The summed E-state index contributed by atoms with van der Waals surface area (Å²) in [5.74, 6) is 1.58. The van der Waals surface area contributed by atoms with Crippen LogP contribution in [-0.4, -0.2) is 32.0 Å². The Labute approximate surface area is 127 Å². The van der Waals surface area contributed by atoms with Gasteiger partial charge in [0.2, 0.25) is 0 Å². The van der Waals surface area contributed by atoms with E-state index in [9.17, 15) is 0 Å². The molecule has 1 saturated heterocycles. The highest BCUT2D eigenvalue weighted by Crippen LogP contribution is 2.29. The molecule has 0 aromatic heterocycles. The summed E-state index contributed by atoms with van der Waals surface area (Å²) in [4.78, 5) is 0. The molecular weight excluding hydrogens is 266 g/mol. The Morgan fingerprint density at radius 2 is 2.14 bits per heavy atom. The molecule has 1 aromatic rings. The standard InChI is InChI=1S/C17H27NO3/c1-13(2)21-15-7-6-14(10-16(15)19-4)11-18-12-17(3)8-5-9-20-17/h6-7,10,13,18H,5,8-9,11-12H2,1-4H3. The Hall–Kier alpha value is -1.26. The lowest BCUT2D eigenvalue weighted by Gasteiger charge is -2.23. The molecule has 0 spiro atoms. The fourth-order valence-electron chi connectivity index (χ4n) is 2.62. The van der Waals surface area contributed by atoms with E-state index in [1.165, 1.54) is 5.56 Å². The molecule has 1 atom stereocenters. The molecule has 1 aliphatic heterocycles. The molecule has 1 N–H and O–H groups in total. The Kier molecular flexibility index (Phi) is 5.48. The minimum absolute atomic E-state index is 0.00915. The highest BCUT2D eigenvalue weighted by Gasteiger charge is 2.28. The van der Waals surface area contributed by atoms with Gasteiger partial charge in [-0.05, 0) is 51.3 Å². The third kappa shape index (κ3) is 4.61. The SMILES string of the molecule is COc1cc(CNCC2(C)CCCO2)ccc1OC(C)C. The fourth-order valence-corrected chi connectivity index (χ4v) is 2.62. The van der Waals surface area contributed by atoms with Crippen molar-refractivity contribution in [3.63, 3.8) is 0 Å². The monoisotopic (exact) mass is 293 g/mol. The van der Waals surface area contributed by atoms with Crippen molar-refractivity contribution in [1.29, 1.82) is 0 Å². The first-order valence-electron chi connectivity index (χ1n) is 7.71. The van der Waals surface area contributed by atoms with Crippen molar-refractivity contribution >= 4 is 0 Å². The summed E-state index contributed by atoms with van der Waals surface area (Å²) < 4.78 is 16.9. The van der Waals surface area contributed by atoms with Crippen molar-refractivity contribution in [2.24, 2.45) is 0 Å². The molecule has 0 bridgehead atoms. The van der Waals surface area contributed by atoms with Crippen LogP contribution >= 0.6 is 0 Å². The summed E-state index contributed by atoms with van der Waals surface area (Å²) in [7, 11) is 1.67. The summed E-state index contributed by atoms with van der Waals surface area (Å²) in [5, 5.41) is 3.47.